The molecule has 1 aromatic rings. The third kappa shape index (κ3) is 2.79. The van der Waals surface area contributed by atoms with Crippen molar-refractivity contribution in [1.29, 1.82) is 0 Å². The molecule has 2 aliphatic heterocycles. The predicted molar refractivity (Wildman–Crippen MR) is 80.7 cm³/mol. The van der Waals surface area contributed by atoms with Gasteiger partial charge in [0.25, 0.3) is 0 Å². The number of fused-ring (bicyclic) bond motifs is 1. The topological polar surface area (TPSA) is 126 Å². The first-order valence-electron chi connectivity index (χ1n) is 6.36. The lowest BCUT2D eigenvalue weighted by Gasteiger charge is -2.44. The Kier molecular flexibility index (Phi) is 3.79. The number of carbonyl (C=O) groups is 3. The van der Waals surface area contributed by atoms with Crippen LogP contribution in [-0.2, 0) is 20.8 Å². The van der Waals surface area contributed by atoms with Crippen LogP contribution >= 0.6 is 23.1 Å². The minimum atomic E-state index is -1.18. The average molecular weight is 340 g/mol. The molecule has 1 unspecified atom stereocenters. The van der Waals surface area contributed by atoms with Crippen molar-refractivity contribution in [1.82, 2.24) is 15.2 Å². The van der Waals surface area contributed by atoms with E-state index in [0.717, 1.165) is 0 Å². The van der Waals surface area contributed by atoms with Crippen molar-refractivity contribution in [2.45, 2.75) is 23.6 Å². The van der Waals surface area contributed by atoms with Crippen LogP contribution in [-0.4, -0.2) is 43.5 Å². The Morgan fingerprint density at radius 2 is 2.32 bits per heavy atom. The molecule has 0 radical (unpaired) electrons. The first kappa shape index (κ1) is 14.9. The van der Waals surface area contributed by atoms with Crippen molar-refractivity contribution in [3.63, 3.8) is 0 Å². The number of hydrogen-bond donors (Lipinski definition) is 3. The molecule has 1 saturated heterocycles. The van der Waals surface area contributed by atoms with Gasteiger partial charge in [0.1, 0.15) is 5.70 Å². The predicted octanol–water partition coefficient (Wildman–Crippen LogP) is -0.0162. The molecule has 3 heterocycles. The number of thiazole rings is 1. The van der Waals surface area contributed by atoms with E-state index in [-0.39, 0.29) is 35.7 Å². The smallest absolute Gasteiger partial charge is 0.352 e. The second-order valence-corrected chi connectivity index (χ2v) is 6.97. The van der Waals surface area contributed by atoms with Crippen LogP contribution in [0.25, 0.3) is 0 Å². The maximum atomic E-state index is 12.0. The molecule has 3 rings (SSSR count). The Morgan fingerprint density at radius 3 is 2.91 bits per heavy atom. The molecular formula is C12H12N4O4S2. The monoisotopic (exact) mass is 340 g/mol. The Hall–Kier alpha value is -2.07. The lowest BCUT2D eigenvalue weighted by molar-refractivity contribution is -0.146. The normalized spacial score (nSPS) is 23.4. The number of nitrogens with zero attached hydrogens (tertiary/aromatic N) is 2. The molecule has 8 nitrogen and oxygen atoms in total. The van der Waals surface area contributed by atoms with Crippen LogP contribution in [0, 0.1) is 0 Å². The lowest BCUT2D eigenvalue weighted by Crippen LogP contribution is -2.55. The van der Waals surface area contributed by atoms with Gasteiger partial charge < -0.3 is 16.2 Å². The van der Waals surface area contributed by atoms with Crippen LogP contribution in [0.2, 0.25) is 0 Å². The quantitative estimate of drug-likeness (QED) is 0.658. The van der Waals surface area contributed by atoms with Crippen LogP contribution in [0.15, 0.2) is 17.2 Å². The number of carboxylic acid groups (broad SMARTS) is 1. The maximum absolute atomic E-state index is 12.0. The summed E-state index contributed by atoms with van der Waals surface area (Å²) in [5.41, 5.74) is 6.00. The molecule has 116 valence electrons. The number of aromatic nitrogens is 1. The van der Waals surface area contributed by atoms with Gasteiger partial charge in [0.05, 0.1) is 29.3 Å². The highest BCUT2D eigenvalue weighted by Crippen LogP contribution is 2.39. The van der Waals surface area contributed by atoms with Crippen LogP contribution in [0.5, 0.6) is 0 Å². The first-order chi connectivity index (χ1) is 10.4. The zero-order valence-corrected chi connectivity index (χ0v) is 12.8. The molecule has 10 heteroatoms. The van der Waals surface area contributed by atoms with Crippen molar-refractivity contribution in [3.05, 3.63) is 22.8 Å². The second kappa shape index (κ2) is 5.61. The van der Waals surface area contributed by atoms with Gasteiger partial charge in [-0.05, 0) is 6.08 Å². The summed E-state index contributed by atoms with van der Waals surface area (Å²) in [4.78, 5) is 39.9. The number of rotatable bonds is 4. The molecule has 0 bridgehead atoms. The number of nitrogen functional groups attached to an aromatic ring is 1. The average Bonchev–Trinajstić information content (AvgIpc) is 2.82. The number of hydrogen-bond acceptors (Lipinski definition) is 7. The summed E-state index contributed by atoms with van der Waals surface area (Å²) < 4.78 is 0. The number of carboxylic acids is 1. The summed E-state index contributed by atoms with van der Waals surface area (Å²) in [5.74, 6) is -1.67. The van der Waals surface area contributed by atoms with Gasteiger partial charge in [0, 0.05) is 5.38 Å². The molecule has 2 aliphatic rings. The SMILES string of the molecule is Nc1nc(CC(=O)NC2C=C(C(=O)O)N3C(=O)C[C@H]3S2)cs1. The van der Waals surface area contributed by atoms with Gasteiger partial charge in [-0.15, -0.1) is 23.1 Å². The highest BCUT2D eigenvalue weighted by Gasteiger charge is 2.45. The largest absolute Gasteiger partial charge is 0.477 e. The minimum absolute atomic E-state index is 0.0777. The summed E-state index contributed by atoms with van der Waals surface area (Å²) in [7, 11) is 0. The molecule has 1 aromatic heterocycles. The Balaban J connectivity index is 1.67. The van der Waals surface area contributed by atoms with Crippen LogP contribution in [0.1, 0.15) is 12.1 Å². The van der Waals surface area contributed by atoms with Crippen LogP contribution in [0.4, 0.5) is 5.13 Å². The molecule has 0 spiro atoms. The van der Waals surface area contributed by atoms with Gasteiger partial charge in [0.2, 0.25) is 11.8 Å². The van der Waals surface area contributed by atoms with Crippen molar-refractivity contribution in [3.8, 4) is 0 Å². The van der Waals surface area contributed by atoms with Gasteiger partial charge in [0.15, 0.2) is 5.13 Å². The molecule has 2 atom stereocenters. The van der Waals surface area contributed by atoms with Crippen molar-refractivity contribution in [2.75, 3.05) is 5.73 Å². The number of β-lactam (4-membered cyclic amide) rings is 1. The summed E-state index contributed by atoms with van der Waals surface area (Å²) in [6, 6.07) is 0. The maximum Gasteiger partial charge on any atom is 0.352 e. The van der Waals surface area contributed by atoms with E-state index in [4.69, 9.17) is 10.8 Å². The van der Waals surface area contributed by atoms with E-state index < -0.39 is 11.3 Å². The van der Waals surface area contributed by atoms with E-state index in [0.29, 0.717) is 10.8 Å². The standard InChI is InChI=1S/C12H12N4O4S2/c13-12-14-5(4-21-12)1-7(17)15-8-2-6(11(19)20)16-9(18)3-10(16)22-8/h2,4,8,10H,1,3H2,(H2,13,14)(H,15,17)(H,19,20)/t8?,10-/m1/s1. The fourth-order valence-electron chi connectivity index (χ4n) is 2.25. The number of nitrogens with two attached hydrogens (primary N) is 1. The van der Waals surface area contributed by atoms with E-state index in [1.807, 2.05) is 0 Å². The second-order valence-electron chi connectivity index (χ2n) is 4.76. The number of amides is 2. The summed E-state index contributed by atoms with van der Waals surface area (Å²) in [5, 5.41) is 13.3. The number of aliphatic carboxylic acids is 1. The van der Waals surface area contributed by atoms with E-state index in [9.17, 15) is 14.4 Å². The van der Waals surface area contributed by atoms with Crippen molar-refractivity contribution < 1.29 is 19.5 Å². The molecule has 1 fully saturated rings. The molecule has 4 N–H and O–H groups in total. The van der Waals surface area contributed by atoms with Crippen molar-refractivity contribution in [2.24, 2.45) is 0 Å². The molecule has 0 aromatic carbocycles. The fourth-order valence-corrected chi connectivity index (χ4v) is 4.15. The first-order valence-corrected chi connectivity index (χ1v) is 8.18. The minimum Gasteiger partial charge on any atom is -0.477 e. The van der Waals surface area contributed by atoms with Gasteiger partial charge in [-0.25, -0.2) is 9.78 Å². The molecular weight excluding hydrogens is 328 g/mol. The fraction of sp³-hybridized carbons (Fsp3) is 0.333. The van der Waals surface area contributed by atoms with Gasteiger partial charge >= 0.3 is 5.97 Å². The highest BCUT2D eigenvalue weighted by molar-refractivity contribution is 8.00. The Bertz CT molecular complexity index is 686. The zero-order chi connectivity index (χ0) is 15.9. The van der Waals surface area contributed by atoms with E-state index in [1.54, 1.807) is 5.38 Å². The van der Waals surface area contributed by atoms with E-state index in [2.05, 4.69) is 10.3 Å². The summed E-state index contributed by atoms with van der Waals surface area (Å²) in [6.45, 7) is 0. The van der Waals surface area contributed by atoms with Gasteiger partial charge in [-0.2, -0.15) is 0 Å². The van der Waals surface area contributed by atoms with Crippen LogP contribution < -0.4 is 11.1 Å². The Labute approximate surface area is 133 Å². The third-order valence-corrected chi connectivity index (χ3v) is 5.17. The van der Waals surface area contributed by atoms with Gasteiger partial charge in [-0.3, -0.25) is 14.5 Å². The third-order valence-electron chi connectivity index (χ3n) is 3.21. The number of nitrogens with one attached hydrogen (secondary N) is 1. The van der Waals surface area contributed by atoms with Crippen LogP contribution in [0.3, 0.4) is 0 Å². The molecule has 0 aliphatic carbocycles. The molecule has 2 amide bonds. The number of anilines is 1. The number of carbonyl (C=O) groups excluding carboxylic acids is 2. The molecule has 22 heavy (non-hydrogen) atoms. The zero-order valence-electron chi connectivity index (χ0n) is 11.2. The van der Waals surface area contributed by atoms with Crippen molar-refractivity contribution >= 4 is 46.0 Å². The summed E-state index contributed by atoms with van der Waals surface area (Å²) >= 11 is 2.60. The van der Waals surface area contributed by atoms with E-state index in [1.165, 1.54) is 34.1 Å². The highest BCUT2D eigenvalue weighted by atomic mass is 32.2. The van der Waals surface area contributed by atoms with Gasteiger partial charge in [-0.1, -0.05) is 0 Å². The van der Waals surface area contributed by atoms with E-state index >= 15 is 0 Å². The Morgan fingerprint density at radius 1 is 1.55 bits per heavy atom. The molecule has 0 saturated carbocycles. The number of thioether (sulfide) groups is 1. The summed E-state index contributed by atoms with van der Waals surface area (Å²) in [6.07, 6.45) is 1.74. The lowest BCUT2D eigenvalue weighted by atomic mass is 10.1.